The average molecular weight is 722 g/mol. The second kappa shape index (κ2) is 15.9. The highest BCUT2D eigenvalue weighted by molar-refractivity contribution is 7.82. The number of aldehydes is 1. The Morgan fingerprint density at radius 3 is 2.45 bits per heavy atom. The molecule has 15 heteroatoms. The van der Waals surface area contributed by atoms with Gasteiger partial charge in [-0.05, 0) is 80.1 Å². The van der Waals surface area contributed by atoms with Gasteiger partial charge in [-0.1, -0.05) is 18.2 Å². The van der Waals surface area contributed by atoms with E-state index in [1.807, 2.05) is 29.6 Å². The lowest BCUT2D eigenvalue weighted by atomic mass is 9.89. The van der Waals surface area contributed by atoms with E-state index < -0.39 is 16.9 Å². The van der Waals surface area contributed by atoms with E-state index in [1.165, 1.54) is 10.5 Å². The molecule has 1 unspecified atom stereocenters. The summed E-state index contributed by atoms with van der Waals surface area (Å²) < 4.78 is 44.3. The number of carbonyl (C=O) groups excluding carboxylic acids is 2. The third-order valence-corrected chi connectivity index (χ3v) is 11.3. The van der Waals surface area contributed by atoms with Crippen LogP contribution in [0.25, 0.3) is 10.9 Å². The van der Waals surface area contributed by atoms with Gasteiger partial charge in [0.2, 0.25) is 5.95 Å². The van der Waals surface area contributed by atoms with E-state index in [9.17, 15) is 22.6 Å². The molecule has 0 saturated carbocycles. The normalized spacial score (nSPS) is 17.4. The number of rotatable bonds is 12. The summed E-state index contributed by atoms with van der Waals surface area (Å²) in [5, 5.41) is 11.4. The van der Waals surface area contributed by atoms with Gasteiger partial charge in [0.1, 0.15) is 17.3 Å². The molecule has 0 bridgehead atoms. The van der Waals surface area contributed by atoms with E-state index >= 15 is 0 Å². The van der Waals surface area contributed by atoms with Gasteiger partial charge in [0, 0.05) is 77.4 Å². The molecule has 12 nitrogen and oxygen atoms in total. The SMILES string of the molecule is CNC(=O)N(CCC=O)c1nn(C)c2cc(C3CCN(Cc4cccc(S(=O)N5CCC(Nc6ncc(C(C)(F)F)cn6)CC5)c4)CC3)ccc12. The Morgan fingerprint density at radius 2 is 1.78 bits per heavy atom. The van der Waals surface area contributed by atoms with E-state index in [0.717, 1.165) is 92.3 Å². The smallest absolute Gasteiger partial charge is 0.322 e. The van der Waals surface area contributed by atoms with Gasteiger partial charge >= 0.3 is 6.03 Å². The largest absolute Gasteiger partial charge is 0.351 e. The standard InChI is InChI=1S/C36H45F2N9O3S/c1-36(37,38)28-22-40-34(41-23-28)42-29-12-17-46(18-13-29)51(50)30-7-4-6-25(20-30)24-45-15-10-26(11-16-45)27-8-9-31-32(21-27)44(3)43-33(31)47(14-5-19-48)35(49)39-2/h4,6-9,19-23,26,29H,5,10-18,24H2,1-3H3,(H,39,49)(H,40,41,42). The predicted octanol–water partition coefficient (Wildman–Crippen LogP) is 5.19. The first-order valence-corrected chi connectivity index (χ1v) is 18.5. The first-order chi connectivity index (χ1) is 24.5. The summed E-state index contributed by atoms with van der Waals surface area (Å²) in [6.45, 7) is 5.01. The fourth-order valence-corrected chi connectivity index (χ4v) is 8.18. The minimum Gasteiger partial charge on any atom is -0.351 e. The highest BCUT2D eigenvalue weighted by Crippen LogP contribution is 2.34. The molecule has 2 amide bonds. The summed E-state index contributed by atoms with van der Waals surface area (Å²) in [6.07, 6.45) is 6.82. The maximum absolute atomic E-state index is 13.6. The molecule has 6 rings (SSSR count). The first kappa shape index (κ1) is 36.5. The molecule has 0 radical (unpaired) electrons. The Kier molecular flexibility index (Phi) is 11.4. The van der Waals surface area contributed by atoms with Crippen LogP contribution in [-0.4, -0.2) is 91.3 Å². The Balaban J connectivity index is 1.01. The summed E-state index contributed by atoms with van der Waals surface area (Å²) in [5.41, 5.74) is 3.11. The number of hydrogen-bond acceptors (Lipinski definition) is 8. The van der Waals surface area contributed by atoms with Crippen molar-refractivity contribution < 1.29 is 22.6 Å². The first-order valence-electron chi connectivity index (χ1n) is 17.4. The quantitative estimate of drug-likeness (QED) is 0.192. The Hall–Kier alpha value is -4.34. The van der Waals surface area contributed by atoms with Crippen molar-refractivity contribution in [1.29, 1.82) is 0 Å². The number of nitrogens with zero attached hydrogens (tertiary/aromatic N) is 7. The van der Waals surface area contributed by atoms with Gasteiger partial charge in [-0.25, -0.2) is 32.1 Å². The van der Waals surface area contributed by atoms with Crippen molar-refractivity contribution in [3.63, 3.8) is 0 Å². The molecule has 2 saturated heterocycles. The van der Waals surface area contributed by atoms with Crippen LogP contribution in [0.1, 0.15) is 61.6 Å². The van der Waals surface area contributed by atoms with E-state index in [-0.39, 0.29) is 30.6 Å². The maximum Gasteiger partial charge on any atom is 0.322 e. The minimum absolute atomic E-state index is 0.0719. The molecule has 272 valence electrons. The van der Waals surface area contributed by atoms with Gasteiger partial charge in [0.15, 0.2) is 5.82 Å². The second-order valence-electron chi connectivity index (χ2n) is 13.4. The van der Waals surface area contributed by atoms with E-state index in [1.54, 1.807) is 11.7 Å². The lowest BCUT2D eigenvalue weighted by Gasteiger charge is -2.33. The topological polar surface area (TPSA) is 129 Å². The molecular weight excluding hydrogens is 677 g/mol. The summed E-state index contributed by atoms with van der Waals surface area (Å²) >= 11 is 0. The number of halogens is 2. The molecule has 0 aliphatic carbocycles. The van der Waals surface area contributed by atoms with Crippen LogP contribution < -0.4 is 15.5 Å². The van der Waals surface area contributed by atoms with Gasteiger partial charge in [-0.15, -0.1) is 0 Å². The van der Waals surface area contributed by atoms with Crippen molar-refractivity contribution >= 4 is 46.0 Å². The van der Waals surface area contributed by atoms with Crippen LogP contribution in [0.2, 0.25) is 0 Å². The number of aryl methyl sites for hydroxylation is 1. The number of anilines is 2. The number of aromatic nitrogens is 4. The van der Waals surface area contributed by atoms with Crippen LogP contribution in [0.15, 0.2) is 59.8 Å². The maximum atomic E-state index is 13.6. The van der Waals surface area contributed by atoms with E-state index in [2.05, 4.69) is 54.9 Å². The Morgan fingerprint density at radius 1 is 1.06 bits per heavy atom. The van der Waals surface area contributed by atoms with Gasteiger partial charge in [-0.2, -0.15) is 5.10 Å². The van der Waals surface area contributed by atoms with Crippen molar-refractivity contribution in [3.8, 4) is 0 Å². The third kappa shape index (κ3) is 8.59. The van der Waals surface area contributed by atoms with Crippen LogP contribution >= 0.6 is 0 Å². The molecule has 1 atom stereocenters. The fourth-order valence-electron chi connectivity index (χ4n) is 6.89. The number of benzene rings is 2. The van der Waals surface area contributed by atoms with Gasteiger partial charge in [0.05, 0.1) is 16.0 Å². The lowest BCUT2D eigenvalue weighted by molar-refractivity contribution is -0.107. The summed E-state index contributed by atoms with van der Waals surface area (Å²) in [5.74, 6) is -1.72. The summed E-state index contributed by atoms with van der Waals surface area (Å²) in [7, 11) is 2.15. The summed E-state index contributed by atoms with van der Waals surface area (Å²) in [6, 6.07) is 14.2. The number of fused-ring (bicyclic) bond motifs is 1. The number of hydrogen-bond donors (Lipinski definition) is 2. The van der Waals surface area contributed by atoms with Crippen LogP contribution in [0.3, 0.4) is 0 Å². The number of nitrogens with one attached hydrogen (secondary N) is 2. The Labute approximate surface area is 299 Å². The van der Waals surface area contributed by atoms with Crippen LogP contribution in [-0.2, 0) is 35.3 Å². The highest BCUT2D eigenvalue weighted by Gasteiger charge is 2.28. The number of likely N-dealkylation sites (tertiary alicyclic amines) is 1. The molecule has 2 aliphatic rings. The average Bonchev–Trinajstić information content (AvgIpc) is 3.46. The monoisotopic (exact) mass is 721 g/mol. The molecular formula is C36H45F2N9O3S. The number of amides is 2. The molecule has 2 aromatic carbocycles. The molecule has 0 spiro atoms. The minimum atomic E-state index is -2.98. The molecule has 51 heavy (non-hydrogen) atoms. The van der Waals surface area contributed by atoms with Gasteiger partial charge in [0.25, 0.3) is 5.92 Å². The van der Waals surface area contributed by atoms with Crippen molar-refractivity contribution in [1.82, 2.24) is 34.3 Å². The van der Waals surface area contributed by atoms with Crippen molar-refractivity contribution in [3.05, 3.63) is 71.5 Å². The molecule has 2 aliphatic heterocycles. The molecule has 2 fully saturated rings. The van der Waals surface area contributed by atoms with Crippen LogP contribution in [0.4, 0.5) is 25.3 Å². The Bertz CT molecular complexity index is 1850. The number of carbonyl (C=O) groups is 2. The molecule has 4 aromatic rings. The summed E-state index contributed by atoms with van der Waals surface area (Å²) in [4.78, 5) is 36.4. The predicted molar refractivity (Wildman–Crippen MR) is 193 cm³/mol. The molecule has 4 heterocycles. The lowest BCUT2D eigenvalue weighted by Crippen LogP contribution is -2.40. The zero-order valence-corrected chi connectivity index (χ0v) is 30.0. The number of alkyl halides is 2. The van der Waals surface area contributed by atoms with Gasteiger partial charge < -0.3 is 15.4 Å². The van der Waals surface area contributed by atoms with E-state index in [4.69, 9.17) is 0 Å². The number of piperidine rings is 2. The molecule has 2 aromatic heterocycles. The van der Waals surface area contributed by atoms with Crippen LogP contribution in [0, 0.1) is 0 Å². The van der Waals surface area contributed by atoms with Gasteiger partial charge in [-0.3, -0.25) is 14.5 Å². The van der Waals surface area contributed by atoms with E-state index in [0.29, 0.717) is 30.8 Å². The third-order valence-electron chi connectivity index (χ3n) is 9.79. The molecule has 2 N–H and O–H groups in total. The zero-order valence-electron chi connectivity index (χ0n) is 29.2. The second-order valence-corrected chi connectivity index (χ2v) is 14.9. The van der Waals surface area contributed by atoms with Crippen LogP contribution in [0.5, 0.6) is 0 Å². The number of urea groups is 1. The fraction of sp³-hybridized carbons (Fsp3) is 0.472. The highest BCUT2D eigenvalue weighted by atomic mass is 32.2. The van der Waals surface area contributed by atoms with Crippen molar-refractivity contribution in [2.24, 2.45) is 7.05 Å². The van der Waals surface area contributed by atoms with Crippen molar-refractivity contribution in [2.45, 2.75) is 68.4 Å². The zero-order chi connectivity index (χ0) is 36.1. The van der Waals surface area contributed by atoms with Crippen molar-refractivity contribution in [2.75, 3.05) is 50.0 Å².